The Morgan fingerprint density at radius 3 is 2.40 bits per heavy atom. The second kappa shape index (κ2) is 5.75. The van der Waals surface area contributed by atoms with E-state index in [4.69, 9.17) is 0 Å². The highest BCUT2D eigenvalue weighted by Gasteiger charge is 2.29. The molecule has 0 aliphatic heterocycles. The predicted molar refractivity (Wildman–Crippen MR) is 71.6 cm³/mol. The average molecular weight is 284 g/mol. The number of rotatable bonds is 4. The quantitative estimate of drug-likeness (QED) is 0.887. The second-order valence-corrected chi connectivity index (χ2v) is 5.24. The molecule has 1 aromatic rings. The Labute approximate surface area is 116 Å². The van der Waals surface area contributed by atoms with E-state index in [9.17, 15) is 18.7 Å². The largest absolute Gasteiger partial charge is 0.393 e. The molecular formula is C14H18F2N2O2. The van der Waals surface area contributed by atoms with Crippen LogP contribution in [0.25, 0.3) is 0 Å². The Balaban J connectivity index is 2.08. The van der Waals surface area contributed by atoms with Crippen molar-refractivity contribution in [1.29, 1.82) is 0 Å². The lowest BCUT2D eigenvalue weighted by atomic mass is 9.82. The number of anilines is 1. The first kappa shape index (κ1) is 14.7. The number of carbonyl (C=O) groups is 1. The van der Waals surface area contributed by atoms with Crippen molar-refractivity contribution in [2.45, 2.75) is 18.9 Å². The summed E-state index contributed by atoms with van der Waals surface area (Å²) in [4.78, 5) is 13.5. The van der Waals surface area contributed by atoms with Gasteiger partial charge in [-0.1, -0.05) is 0 Å². The smallest absolute Gasteiger partial charge is 0.253 e. The maximum Gasteiger partial charge on any atom is 0.253 e. The molecule has 6 heteroatoms. The number of nitrogens with zero attached hydrogens (tertiary/aromatic N) is 1. The third-order valence-corrected chi connectivity index (χ3v) is 3.63. The molecule has 2 rings (SSSR count). The lowest BCUT2D eigenvalue weighted by Crippen LogP contribution is -2.39. The summed E-state index contributed by atoms with van der Waals surface area (Å²) in [5.41, 5.74) is -0.257. The van der Waals surface area contributed by atoms with E-state index in [-0.39, 0.29) is 23.3 Å². The summed E-state index contributed by atoms with van der Waals surface area (Å²) in [7, 11) is 3.01. The van der Waals surface area contributed by atoms with Gasteiger partial charge in [0.2, 0.25) is 0 Å². The van der Waals surface area contributed by atoms with Crippen LogP contribution in [0.3, 0.4) is 0 Å². The molecule has 110 valence electrons. The third kappa shape index (κ3) is 2.90. The van der Waals surface area contributed by atoms with Gasteiger partial charge in [0.25, 0.3) is 5.91 Å². The van der Waals surface area contributed by atoms with Gasteiger partial charge in [-0.25, -0.2) is 8.78 Å². The molecule has 0 atom stereocenters. The van der Waals surface area contributed by atoms with Crippen molar-refractivity contribution in [1.82, 2.24) is 4.90 Å². The predicted octanol–water partition coefficient (Wildman–Crippen LogP) is 1.85. The zero-order chi connectivity index (χ0) is 14.9. The van der Waals surface area contributed by atoms with Crippen molar-refractivity contribution < 1.29 is 18.7 Å². The minimum Gasteiger partial charge on any atom is -0.393 e. The van der Waals surface area contributed by atoms with Crippen LogP contribution in [0.2, 0.25) is 0 Å². The molecule has 1 saturated carbocycles. The van der Waals surface area contributed by atoms with Crippen molar-refractivity contribution in [2.75, 3.05) is 26.0 Å². The molecule has 1 aromatic carbocycles. The summed E-state index contributed by atoms with van der Waals surface area (Å²) < 4.78 is 27.2. The first-order valence-electron chi connectivity index (χ1n) is 6.52. The van der Waals surface area contributed by atoms with Crippen LogP contribution in [0, 0.1) is 17.6 Å². The lowest BCUT2D eigenvalue weighted by molar-refractivity contribution is 0.0265. The summed E-state index contributed by atoms with van der Waals surface area (Å²) in [5.74, 6) is -1.75. The highest BCUT2D eigenvalue weighted by Crippen LogP contribution is 2.28. The molecule has 20 heavy (non-hydrogen) atoms. The van der Waals surface area contributed by atoms with Gasteiger partial charge < -0.3 is 15.3 Å². The average Bonchev–Trinajstić information content (AvgIpc) is 2.35. The van der Waals surface area contributed by atoms with E-state index in [1.54, 1.807) is 7.05 Å². The van der Waals surface area contributed by atoms with E-state index in [0.717, 1.165) is 12.1 Å². The van der Waals surface area contributed by atoms with Crippen LogP contribution in [-0.4, -0.2) is 42.7 Å². The summed E-state index contributed by atoms with van der Waals surface area (Å²) in [6, 6.07) is 2.06. The summed E-state index contributed by atoms with van der Waals surface area (Å²) in [6.45, 7) is 0.479. The lowest BCUT2D eigenvalue weighted by Gasteiger charge is -2.34. The van der Waals surface area contributed by atoms with Crippen molar-refractivity contribution in [2.24, 2.45) is 5.92 Å². The van der Waals surface area contributed by atoms with Gasteiger partial charge in [-0.15, -0.1) is 0 Å². The van der Waals surface area contributed by atoms with Gasteiger partial charge in [0.1, 0.15) is 17.3 Å². The van der Waals surface area contributed by atoms with Crippen LogP contribution in [0.15, 0.2) is 12.1 Å². The SMILES string of the molecule is CNc1c(F)cc(C(=O)N(C)CC2CC(O)C2)cc1F. The molecule has 0 bridgehead atoms. The van der Waals surface area contributed by atoms with E-state index < -0.39 is 17.5 Å². The van der Waals surface area contributed by atoms with E-state index in [1.165, 1.54) is 11.9 Å². The highest BCUT2D eigenvalue weighted by molar-refractivity contribution is 5.94. The molecule has 0 heterocycles. The molecule has 0 spiro atoms. The van der Waals surface area contributed by atoms with Gasteiger partial charge in [-0.3, -0.25) is 4.79 Å². The molecule has 1 aliphatic rings. The zero-order valence-corrected chi connectivity index (χ0v) is 11.5. The Morgan fingerprint density at radius 1 is 1.40 bits per heavy atom. The topological polar surface area (TPSA) is 52.6 Å². The standard InChI is InChI=1S/C14H18F2N2O2/c1-17-13-11(15)5-9(6-12(13)16)14(20)18(2)7-8-3-10(19)4-8/h5-6,8,10,17,19H,3-4,7H2,1-2H3. The Hall–Kier alpha value is -1.69. The monoisotopic (exact) mass is 284 g/mol. The summed E-state index contributed by atoms with van der Waals surface area (Å²) in [5, 5.41) is 11.6. The van der Waals surface area contributed by atoms with Gasteiger partial charge >= 0.3 is 0 Å². The fraction of sp³-hybridized carbons (Fsp3) is 0.500. The number of halogens is 2. The van der Waals surface area contributed by atoms with Gasteiger partial charge in [0, 0.05) is 26.2 Å². The molecule has 0 unspecified atom stereocenters. The number of carbonyl (C=O) groups excluding carboxylic acids is 1. The van der Waals surface area contributed by atoms with Crippen molar-refractivity contribution >= 4 is 11.6 Å². The number of amides is 1. The molecule has 0 aromatic heterocycles. The molecule has 2 N–H and O–H groups in total. The van der Waals surface area contributed by atoms with Gasteiger partial charge in [0.15, 0.2) is 0 Å². The summed E-state index contributed by atoms with van der Waals surface area (Å²) in [6.07, 6.45) is 1.05. The van der Waals surface area contributed by atoms with Crippen LogP contribution >= 0.6 is 0 Å². The van der Waals surface area contributed by atoms with E-state index in [2.05, 4.69) is 5.32 Å². The van der Waals surface area contributed by atoms with E-state index >= 15 is 0 Å². The molecule has 1 fully saturated rings. The van der Waals surface area contributed by atoms with Crippen LogP contribution in [0.5, 0.6) is 0 Å². The molecule has 4 nitrogen and oxygen atoms in total. The number of nitrogens with one attached hydrogen (secondary N) is 1. The van der Waals surface area contributed by atoms with Crippen molar-refractivity contribution in [3.8, 4) is 0 Å². The van der Waals surface area contributed by atoms with Crippen LogP contribution in [0.4, 0.5) is 14.5 Å². The normalized spacial score (nSPS) is 21.2. The highest BCUT2D eigenvalue weighted by atomic mass is 19.1. The minimum absolute atomic E-state index is 0.0126. The fourth-order valence-electron chi connectivity index (χ4n) is 2.48. The van der Waals surface area contributed by atoms with Gasteiger partial charge in [0.05, 0.1) is 6.10 Å². The van der Waals surface area contributed by atoms with Crippen LogP contribution < -0.4 is 5.32 Å². The van der Waals surface area contributed by atoms with E-state index in [0.29, 0.717) is 19.4 Å². The number of aliphatic hydroxyl groups excluding tert-OH is 1. The van der Waals surface area contributed by atoms with E-state index in [1.807, 2.05) is 0 Å². The Bertz CT molecular complexity index is 493. The van der Waals surface area contributed by atoms with Gasteiger partial charge in [-0.05, 0) is 30.9 Å². The van der Waals surface area contributed by atoms with Crippen LogP contribution in [-0.2, 0) is 0 Å². The minimum atomic E-state index is -0.789. The maximum atomic E-state index is 13.6. The Morgan fingerprint density at radius 2 is 1.95 bits per heavy atom. The first-order chi connectivity index (χ1) is 9.42. The first-order valence-corrected chi connectivity index (χ1v) is 6.52. The fourth-order valence-corrected chi connectivity index (χ4v) is 2.48. The maximum absolute atomic E-state index is 13.6. The number of benzene rings is 1. The van der Waals surface area contributed by atoms with Crippen molar-refractivity contribution in [3.05, 3.63) is 29.3 Å². The molecule has 0 saturated heterocycles. The molecule has 1 amide bonds. The van der Waals surface area contributed by atoms with Crippen LogP contribution in [0.1, 0.15) is 23.2 Å². The third-order valence-electron chi connectivity index (χ3n) is 3.63. The van der Waals surface area contributed by atoms with Gasteiger partial charge in [-0.2, -0.15) is 0 Å². The zero-order valence-electron chi connectivity index (χ0n) is 11.5. The number of hydrogen-bond acceptors (Lipinski definition) is 3. The molecular weight excluding hydrogens is 266 g/mol. The molecule has 0 radical (unpaired) electrons. The Kier molecular flexibility index (Phi) is 4.23. The molecule has 1 aliphatic carbocycles. The summed E-state index contributed by atoms with van der Waals surface area (Å²) >= 11 is 0. The second-order valence-electron chi connectivity index (χ2n) is 5.24. The number of hydrogen-bond donors (Lipinski definition) is 2. The van der Waals surface area contributed by atoms with Crippen molar-refractivity contribution in [3.63, 3.8) is 0 Å². The number of aliphatic hydroxyl groups is 1.